The summed E-state index contributed by atoms with van der Waals surface area (Å²) in [7, 11) is 0. The molecule has 1 aromatic rings. The summed E-state index contributed by atoms with van der Waals surface area (Å²) in [6, 6.07) is 1.01. The Morgan fingerprint density at radius 1 is 1.53 bits per heavy atom. The van der Waals surface area contributed by atoms with E-state index in [1.54, 1.807) is 13.8 Å². The van der Waals surface area contributed by atoms with Crippen LogP contribution in [0.3, 0.4) is 0 Å². The number of urea groups is 1. The van der Waals surface area contributed by atoms with E-state index in [4.69, 9.17) is 10.3 Å². The average molecular weight is 266 g/mol. The van der Waals surface area contributed by atoms with E-state index in [-0.39, 0.29) is 18.2 Å². The van der Waals surface area contributed by atoms with Crippen molar-refractivity contribution in [3.63, 3.8) is 0 Å². The molecular formula is C11H14N4O4. The van der Waals surface area contributed by atoms with Crippen LogP contribution in [0.4, 0.5) is 4.79 Å². The summed E-state index contributed by atoms with van der Waals surface area (Å²) in [5.41, 5.74) is 1.39. The predicted octanol–water partition coefficient (Wildman–Crippen LogP) is -0.286. The molecule has 0 aliphatic carbocycles. The number of nitrogens with one attached hydrogen (secondary N) is 2. The van der Waals surface area contributed by atoms with Gasteiger partial charge in [-0.3, -0.25) is 19.9 Å². The fourth-order valence-corrected chi connectivity index (χ4v) is 1.86. The van der Waals surface area contributed by atoms with Crippen molar-refractivity contribution in [3.05, 3.63) is 23.7 Å². The maximum atomic E-state index is 12.0. The first kappa shape index (κ1) is 13.1. The Balaban J connectivity index is 2.23. The van der Waals surface area contributed by atoms with Gasteiger partial charge in [-0.2, -0.15) is 0 Å². The highest BCUT2D eigenvalue weighted by molar-refractivity contribution is 6.06. The van der Waals surface area contributed by atoms with Gasteiger partial charge in [-0.25, -0.2) is 10.6 Å². The highest BCUT2D eigenvalue weighted by atomic mass is 16.3. The first-order valence-corrected chi connectivity index (χ1v) is 5.58. The first-order chi connectivity index (χ1) is 8.86. The van der Waals surface area contributed by atoms with Gasteiger partial charge in [0.1, 0.15) is 5.54 Å². The molecule has 8 heteroatoms. The molecule has 1 saturated heterocycles. The van der Waals surface area contributed by atoms with E-state index in [0.717, 1.165) is 4.90 Å². The molecule has 0 bridgehead atoms. The zero-order valence-corrected chi connectivity index (χ0v) is 10.5. The number of rotatable bonds is 3. The zero-order valence-electron chi connectivity index (χ0n) is 10.5. The smallest absolute Gasteiger partial charge is 0.325 e. The van der Waals surface area contributed by atoms with Gasteiger partial charge in [0.2, 0.25) is 0 Å². The van der Waals surface area contributed by atoms with Crippen molar-refractivity contribution in [2.75, 3.05) is 0 Å². The third kappa shape index (κ3) is 2.17. The van der Waals surface area contributed by atoms with Crippen molar-refractivity contribution < 1.29 is 18.8 Å². The Hall–Kier alpha value is -2.35. The number of hydrazine groups is 1. The van der Waals surface area contributed by atoms with Crippen LogP contribution in [0.1, 0.15) is 30.0 Å². The van der Waals surface area contributed by atoms with Crippen molar-refractivity contribution >= 4 is 17.8 Å². The van der Waals surface area contributed by atoms with Gasteiger partial charge in [-0.1, -0.05) is 0 Å². The van der Waals surface area contributed by atoms with Gasteiger partial charge in [-0.15, -0.1) is 0 Å². The number of nitrogen functional groups attached to an aromatic ring is 1. The van der Waals surface area contributed by atoms with Crippen molar-refractivity contribution in [3.8, 4) is 0 Å². The van der Waals surface area contributed by atoms with Crippen molar-refractivity contribution in [1.29, 1.82) is 0 Å². The lowest BCUT2D eigenvalue weighted by molar-refractivity contribution is -0.130. The number of nitrogens with two attached hydrogens (primary N) is 1. The monoisotopic (exact) mass is 266 g/mol. The normalized spacial score (nSPS) is 17.5. The van der Waals surface area contributed by atoms with Gasteiger partial charge in [0, 0.05) is 5.56 Å². The summed E-state index contributed by atoms with van der Waals surface area (Å²) in [5.74, 6) is 4.02. The summed E-state index contributed by atoms with van der Waals surface area (Å²) in [5, 5.41) is 2.55. The summed E-state index contributed by atoms with van der Waals surface area (Å²) in [4.78, 5) is 36.2. The van der Waals surface area contributed by atoms with Crippen LogP contribution in [0, 0.1) is 0 Å². The maximum absolute atomic E-state index is 12.0. The van der Waals surface area contributed by atoms with E-state index >= 15 is 0 Å². The molecule has 1 fully saturated rings. The van der Waals surface area contributed by atoms with Crippen LogP contribution in [-0.4, -0.2) is 28.3 Å². The lowest BCUT2D eigenvalue weighted by Crippen LogP contribution is -2.40. The van der Waals surface area contributed by atoms with Crippen molar-refractivity contribution in [2.24, 2.45) is 5.84 Å². The van der Waals surface area contributed by atoms with E-state index in [1.807, 2.05) is 5.43 Å². The molecule has 0 atom stereocenters. The Bertz CT molecular complexity index is 549. The molecule has 19 heavy (non-hydrogen) atoms. The lowest BCUT2D eigenvalue weighted by atomic mass is 10.1. The molecule has 1 aliphatic rings. The topological polar surface area (TPSA) is 118 Å². The van der Waals surface area contributed by atoms with Crippen LogP contribution in [0.25, 0.3) is 0 Å². The quantitative estimate of drug-likeness (QED) is 0.301. The Kier molecular flexibility index (Phi) is 3.03. The molecule has 8 nitrogen and oxygen atoms in total. The van der Waals surface area contributed by atoms with Crippen molar-refractivity contribution in [1.82, 2.24) is 15.6 Å². The average Bonchev–Trinajstić information content (AvgIpc) is 2.87. The third-order valence-electron chi connectivity index (χ3n) is 2.86. The van der Waals surface area contributed by atoms with Crippen LogP contribution in [0.2, 0.25) is 0 Å². The molecule has 1 aromatic heterocycles. The Morgan fingerprint density at radius 2 is 2.21 bits per heavy atom. The molecule has 4 N–H and O–H groups in total. The standard InChI is InChI=1S/C11H14N4O4/c1-11(2)9(17)15(10(18)13-11)5-6-3-4-19-7(6)8(16)14-12/h3-4H,5,12H2,1-2H3,(H,13,18)(H,14,16). The van der Waals surface area contributed by atoms with E-state index in [0.29, 0.717) is 5.56 Å². The Labute approximate surface area is 108 Å². The molecule has 2 rings (SSSR count). The molecule has 102 valence electrons. The minimum absolute atomic E-state index is 0.0205. The van der Waals surface area contributed by atoms with E-state index in [1.165, 1.54) is 12.3 Å². The number of hydrogen-bond donors (Lipinski definition) is 3. The lowest BCUT2D eigenvalue weighted by Gasteiger charge is -2.15. The van der Waals surface area contributed by atoms with E-state index < -0.39 is 17.5 Å². The molecule has 2 heterocycles. The van der Waals surface area contributed by atoms with Crippen LogP contribution in [0.15, 0.2) is 16.7 Å². The SMILES string of the molecule is CC1(C)NC(=O)N(Cc2ccoc2C(=O)NN)C1=O. The third-order valence-corrected chi connectivity index (χ3v) is 2.86. The predicted molar refractivity (Wildman–Crippen MR) is 63.5 cm³/mol. The van der Waals surface area contributed by atoms with E-state index in [2.05, 4.69) is 5.32 Å². The second-order valence-corrected chi connectivity index (χ2v) is 4.69. The van der Waals surface area contributed by atoms with Crippen LogP contribution < -0.4 is 16.6 Å². The number of hydrogen-bond acceptors (Lipinski definition) is 5. The minimum Gasteiger partial charge on any atom is -0.459 e. The second-order valence-electron chi connectivity index (χ2n) is 4.69. The summed E-state index contributed by atoms with van der Waals surface area (Å²) >= 11 is 0. The van der Waals surface area contributed by atoms with Gasteiger partial charge in [-0.05, 0) is 19.9 Å². The number of nitrogens with zero attached hydrogens (tertiary/aromatic N) is 1. The first-order valence-electron chi connectivity index (χ1n) is 5.58. The van der Waals surface area contributed by atoms with Gasteiger partial charge >= 0.3 is 11.9 Å². The number of amides is 4. The molecule has 0 radical (unpaired) electrons. The number of imide groups is 1. The highest BCUT2D eigenvalue weighted by Gasteiger charge is 2.44. The molecule has 4 amide bonds. The fourth-order valence-electron chi connectivity index (χ4n) is 1.86. The largest absolute Gasteiger partial charge is 0.459 e. The zero-order chi connectivity index (χ0) is 14.2. The highest BCUT2D eigenvalue weighted by Crippen LogP contribution is 2.21. The maximum Gasteiger partial charge on any atom is 0.325 e. The number of carbonyl (C=O) groups excluding carboxylic acids is 3. The molecule has 0 spiro atoms. The molecular weight excluding hydrogens is 252 g/mol. The molecule has 0 aromatic carbocycles. The second kappa shape index (κ2) is 4.39. The number of furan rings is 1. The number of carbonyl (C=O) groups is 3. The van der Waals surface area contributed by atoms with Gasteiger partial charge in [0.25, 0.3) is 5.91 Å². The van der Waals surface area contributed by atoms with Crippen molar-refractivity contribution in [2.45, 2.75) is 25.9 Å². The summed E-state index contributed by atoms with van der Waals surface area (Å²) in [6.45, 7) is 3.17. The molecule has 0 unspecified atom stereocenters. The van der Waals surface area contributed by atoms with Gasteiger partial charge in [0.15, 0.2) is 5.76 Å². The van der Waals surface area contributed by atoms with Crippen LogP contribution >= 0.6 is 0 Å². The minimum atomic E-state index is -0.947. The fraction of sp³-hybridized carbons (Fsp3) is 0.364. The van der Waals surface area contributed by atoms with Crippen LogP contribution in [-0.2, 0) is 11.3 Å². The van der Waals surface area contributed by atoms with Gasteiger partial charge < -0.3 is 9.73 Å². The summed E-state index contributed by atoms with van der Waals surface area (Å²) < 4.78 is 4.99. The molecule has 0 saturated carbocycles. The Morgan fingerprint density at radius 3 is 2.74 bits per heavy atom. The molecule has 1 aliphatic heterocycles. The van der Waals surface area contributed by atoms with E-state index in [9.17, 15) is 14.4 Å². The van der Waals surface area contributed by atoms with Crippen LogP contribution in [0.5, 0.6) is 0 Å². The summed E-state index contributed by atoms with van der Waals surface area (Å²) in [6.07, 6.45) is 1.30. The van der Waals surface area contributed by atoms with Gasteiger partial charge in [0.05, 0.1) is 12.8 Å².